The molecule has 0 spiro atoms. The minimum Gasteiger partial charge on any atom is -0.311 e. The third-order valence-corrected chi connectivity index (χ3v) is 3.93. The van der Waals surface area contributed by atoms with Crippen LogP contribution in [0.15, 0.2) is 47.4 Å². The number of pyridine rings is 1. The zero-order chi connectivity index (χ0) is 17.1. The number of benzene rings is 1. The topological polar surface area (TPSA) is 59.8 Å². The zero-order valence-electron chi connectivity index (χ0n) is 13.9. The van der Waals surface area contributed by atoms with E-state index in [-0.39, 0.29) is 11.6 Å². The highest BCUT2D eigenvalue weighted by atomic mass is 16.1. The van der Waals surface area contributed by atoms with Gasteiger partial charge < -0.3 is 5.32 Å². The first-order valence-corrected chi connectivity index (χ1v) is 7.71. The van der Waals surface area contributed by atoms with Crippen molar-refractivity contribution in [2.45, 2.75) is 13.0 Å². The van der Waals surface area contributed by atoms with Crippen LogP contribution in [0.4, 0.5) is 0 Å². The molecule has 24 heavy (non-hydrogen) atoms. The van der Waals surface area contributed by atoms with Crippen LogP contribution in [-0.2, 0) is 7.05 Å². The van der Waals surface area contributed by atoms with Crippen molar-refractivity contribution >= 4 is 10.9 Å². The minimum absolute atomic E-state index is 0.0182. The lowest BCUT2D eigenvalue weighted by molar-refractivity contribution is 0.570. The molecule has 120 valence electrons. The summed E-state index contributed by atoms with van der Waals surface area (Å²) in [6, 6.07) is 11.0. The predicted molar refractivity (Wildman–Crippen MR) is 94.7 cm³/mol. The Morgan fingerprint density at radius 1 is 1.21 bits per heavy atom. The smallest absolute Gasteiger partial charge is 0.261 e. The molecule has 5 nitrogen and oxygen atoms in total. The Kier molecular flexibility index (Phi) is 4.41. The second-order valence-corrected chi connectivity index (χ2v) is 5.54. The third-order valence-electron chi connectivity index (χ3n) is 3.93. The van der Waals surface area contributed by atoms with Gasteiger partial charge in [0.05, 0.1) is 16.9 Å². The van der Waals surface area contributed by atoms with E-state index in [1.807, 2.05) is 44.3 Å². The van der Waals surface area contributed by atoms with E-state index in [0.717, 1.165) is 5.56 Å². The van der Waals surface area contributed by atoms with Crippen molar-refractivity contribution in [1.82, 2.24) is 19.9 Å². The molecule has 0 saturated heterocycles. The third kappa shape index (κ3) is 3.05. The maximum atomic E-state index is 12.5. The standard InChI is InChI=1S/C19H18N4O/c1-13(20-2)18-22-17-12-14(7-9-15-6-4-5-11-21-15)8-10-16(17)19(24)23(18)3/h4-6,8,10-13,20H,1-3H3. The molecule has 2 aromatic heterocycles. The number of hydrogen-bond acceptors (Lipinski definition) is 4. The fraction of sp³-hybridized carbons (Fsp3) is 0.211. The lowest BCUT2D eigenvalue weighted by Gasteiger charge is -2.14. The van der Waals surface area contributed by atoms with E-state index >= 15 is 0 Å². The quantitative estimate of drug-likeness (QED) is 0.734. The average molecular weight is 318 g/mol. The molecule has 1 unspecified atom stereocenters. The molecule has 3 aromatic rings. The molecule has 0 aliphatic rings. The number of rotatable bonds is 2. The Labute approximate surface area is 140 Å². The summed E-state index contributed by atoms with van der Waals surface area (Å²) in [5.74, 6) is 6.79. The summed E-state index contributed by atoms with van der Waals surface area (Å²) < 4.78 is 1.59. The van der Waals surface area contributed by atoms with Gasteiger partial charge in [-0.25, -0.2) is 9.97 Å². The van der Waals surface area contributed by atoms with E-state index in [0.29, 0.717) is 22.4 Å². The summed E-state index contributed by atoms with van der Waals surface area (Å²) in [5, 5.41) is 3.71. The van der Waals surface area contributed by atoms with Gasteiger partial charge in [0.25, 0.3) is 5.56 Å². The molecule has 0 amide bonds. The van der Waals surface area contributed by atoms with Gasteiger partial charge in [0.1, 0.15) is 11.5 Å². The first kappa shape index (κ1) is 15.9. The summed E-state index contributed by atoms with van der Waals surface area (Å²) in [5.41, 5.74) is 2.11. The average Bonchev–Trinajstić information content (AvgIpc) is 2.63. The van der Waals surface area contributed by atoms with Gasteiger partial charge in [-0.15, -0.1) is 0 Å². The number of hydrogen-bond donors (Lipinski definition) is 1. The number of nitrogens with zero attached hydrogens (tertiary/aromatic N) is 3. The van der Waals surface area contributed by atoms with Crippen LogP contribution in [0.2, 0.25) is 0 Å². The van der Waals surface area contributed by atoms with Crippen molar-refractivity contribution in [3.63, 3.8) is 0 Å². The summed E-state index contributed by atoms with van der Waals surface area (Å²) in [6.45, 7) is 1.97. The van der Waals surface area contributed by atoms with Crippen LogP contribution in [0, 0.1) is 11.8 Å². The first-order chi connectivity index (χ1) is 11.6. The van der Waals surface area contributed by atoms with Gasteiger partial charge in [0.15, 0.2) is 0 Å². The maximum Gasteiger partial charge on any atom is 0.261 e. The van der Waals surface area contributed by atoms with Crippen molar-refractivity contribution in [3.8, 4) is 11.8 Å². The van der Waals surface area contributed by atoms with Crippen LogP contribution in [0.25, 0.3) is 10.9 Å². The molecule has 0 bridgehead atoms. The van der Waals surface area contributed by atoms with Crippen LogP contribution < -0.4 is 10.9 Å². The largest absolute Gasteiger partial charge is 0.311 e. The molecule has 0 fully saturated rings. The summed E-state index contributed by atoms with van der Waals surface area (Å²) in [6.07, 6.45) is 1.71. The number of nitrogens with one attached hydrogen (secondary N) is 1. The molecule has 0 aliphatic carbocycles. The molecule has 0 radical (unpaired) electrons. The Hall–Kier alpha value is -2.97. The highest BCUT2D eigenvalue weighted by Gasteiger charge is 2.12. The van der Waals surface area contributed by atoms with E-state index < -0.39 is 0 Å². The highest BCUT2D eigenvalue weighted by molar-refractivity contribution is 5.79. The molecular weight excluding hydrogens is 300 g/mol. The normalized spacial score (nSPS) is 11.8. The van der Waals surface area contributed by atoms with Crippen molar-refractivity contribution in [3.05, 3.63) is 70.0 Å². The fourth-order valence-electron chi connectivity index (χ4n) is 2.46. The van der Waals surface area contributed by atoms with Crippen LogP contribution in [0.3, 0.4) is 0 Å². The van der Waals surface area contributed by atoms with Crippen LogP contribution in [0.1, 0.15) is 30.0 Å². The van der Waals surface area contributed by atoms with E-state index in [1.165, 1.54) is 0 Å². The van der Waals surface area contributed by atoms with Crippen LogP contribution in [0.5, 0.6) is 0 Å². The highest BCUT2D eigenvalue weighted by Crippen LogP contribution is 2.14. The fourth-order valence-corrected chi connectivity index (χ4v) is 2.46. The SMILES string of the molecule is CNC(C)c1nc2cc(C#Cc3ccccn3)ccc2c(=O)n1C. The Morgan fingerprint density at radius 3 is 2.75 bits per heavy atom. The Balaban J connectivity index is 2.09. The molecule has 0 saturated carbocycles. The van der Waals surface area contributed by atoms with E-state index in [2.05, 4.69) is 27.1 Å². The molecule has 3 rings (SSSR count). The molecule has 1 atom stereocenters. The van der Waals surface area contributed by atoms with E-state index in [1.54, 1.807) is 23.9 Å². The van der Waals surface area contributed by atoms with Gasteiger partial charge in [-0.3, -0.25) is 9.36 Å². The molecular formula is C19H18N4O. The molecule has 1 aromatic carbocycles. The lowest BCUT2D eigenvalue weighted by atomic mass is 10.1. The van der Waals surface area contributed by atoms with Crippen molar-refractivity contribution in [2.24, 2.45) is 7.05 Å². The minimum atomic E-state index is -0.0543. The second-order valence-electron chi connectivity index (χ2n) is 5.54. The monoisotopic (exact) mass is 318 g/mol. The second kappa shape index (κ2) is 6.65. The zero-order valence-corrected chi connectivity index (χ0v) is 13.9. The van der Waals surface area contributed by atoms with E-state index in [4.69, 9.17) is 0 Å². The number of fused-ring (bicyclic) bond motifs is 1. The summed E-state index contributed by atoms with van der Waals surface area (Å²) >= 11 is 0. The summed E-state index contributed by atoms with van der Waals surface area (Å²) in [4.78, 5) is 21.3. The molecule has 5 heteroatoms. The van der Waals surface area contributed by atoms with Gasteiger partial charge in [-0.1, -0.05) is 12.0 Å². The molecule has 1 N–H and O–H groups in total. The first-order valence-electron chi connectivity index (χ1n) is 7.71. The van der Waals surface area contributed by atoms with Gasteiger partial charge >= 0.3 is 0 Å². The molecule has 2 heterocycles. The Bertz CT molecular complexity index is 997. The predicted octanol–water partition coefficient (Wildman–Crippen LogP) is 2.01. The van der Waals surface area contributed by atoms with Crippen LogP contribution in [-0.4, -0.2) is 21.6 Å². The maximum absolute atomic E-state index is 12.5. The van der Waals surface area contributed by atoms with Crippen molar-refractivity contribution < 1.29 is 0 Å². The van der Waals surface area contributed by atoms with Crippen molar-refractivity contribution in [2.75, 3.05) is 7.05 Å². The van der Waals surface area contributed by atoms with Gasteiger partial charge in [-0.05, 0) is 50.2 Å². The van der Waals surface area contributed by atoms with Crippen LogP contribution >= 0.6 is 0 Å². The van der Waals surface area contributed by atoms with Crippen molar-refractivity contribution in [1.29, 1.82) is 0 Å². The van der Waals surface area contributed by atoms with Gasteiger partial charge in [-0.2, -0.15) is 0 Å². The number of aromatic nitrogens is 3. The summed E-state index contributed by atoms with van der Waals surface area (Å²) in [7, 11) is 3.59. The van der Waals surface area contributed by atoms with E-state index in [9.17, 15) is 4.79 Å². The molecule has 0 aliphatic heterocycles. The lowest BCUT2D eigenvalue weighted by Crippen LogP contribution is -2.27. The van der Waals surface area contributed by atoms with Gasteiger partial charge in [0, 0.05) is 18.8 Å². The van der Waals surface area contributed by atoms with Gasteiger partial charge in [0.2, 0.25) is 0 Å². The Morgan fingerprint density at radius 2 is 2.04 bits per heavy atom.